The molecule has 0 radical (unpaired) electrons. The van der Waals surface area contributed by atoms with E-state index in [4.69, 9.17) is 34.8 Å². The Morgan fingerprint density at radius 3 is 2.44 bits per heavy atom. The van der Waals surface area contributed by atoms with Gasteiger partial charge in [-0.3, -0.25) is 0 Å². The summed E-state index contributed by atoms with van der Waals surface area (Å²) in [6.07, 6.45) is 0. The molecule has 0 saturated carbocycles. The highest BCUT2D eigenvalue weighted by atomic mass is 35.5. The second-order valence-corrected chi connectivity index (χ2v) is 5.89. The lowest BCUT2D eigenvalue weighted by Gasteiger charge is -2.08. The molecule has 0 aliphatic heterocycles. The van der Waals surface area contributed by atoms with Crippen molar-refractivity contribution in [2.45, 2.75) is 16.5 Å². The molecule has 2 aromatic rings. The number of benzene rings is 2. The van der Waals surface area contributed by atoms with E-state index in [0.29, 0.717) is 15.9 Å². The Morgan fingerprint density at radius 2 is 1.72 bits per heavy atom. The van der Waals surface area contributed by atoms with Gasteiger partial charge in [-0.1, -0.05) is 47.5 Å². The molecule has 0 nitrogen and oxygen atoms in total. The number of thioether (sulfide) groups is 1. The number of hydrogen-bond donors (Lipinski definition) is 0. The lowest BCUT2D eigenvalue weighted by Crippen LogP contribution is -1.86. The third-order valence-corrected chi connectivity index (χ3v) is 4.55. The van der Waals surface area contributed by atoms with E-state index < -0.39 is 0 Å². The maximum absolute atomic E-state index is 6.15. The first-order chi connectivity index (χ1) is 8.70. The molecule has 0 bridgehead atoms. The Balaban J connectivity index is 2.11. The molecular formula is C14H11Cl3S. The molecule has 0 aliphatic rings. The normalized spacial score (nSPS) is 10.6. The monoisotopic (exact) mass is 316 g/mol. The average molecular weight is 318 g/mol. The Hall–Kier alpha value is -0.340. The zero-order chi connectivity index (χ0) is 13.0. The van der Waals surface area contributed by atoms with Gasteiger partial charge in [0.2, 0.25) is 0 Å². The smallest absolute Gasteiger partial charge is 0.0485 e. The van der Waals surface area contributed by atoms with E-state index in [1.165, 1.54) is 4.90 Å². The second kappa shape index (κ2) is 6.72. The van der Waals surface area contributed by atoms with Crippen molar-refractivity contribution in [1.82, 2.24) is 0 Å². The van der Waals surface area contributed by atoms with E-state index in [2.05, 4.69) is 6.07 Å². The molecule has 0 spiro atoms. The first-order valence-corrected chi connectivity index (χ1v) is 7.69. The molecule has 2 aromatic carbocycles. The predicted octanol–water partition coefficient (Wildman–Crippen LogP) is 6.02. The van der Waals surface area contributed by atoms with Gasteiger partial charge in [0.15, 0.2) is 0 Å². The fourth-order valence-corrected chi connectivity index (χ4v) is 3.48. The lowest BCUT2D eigenvalue weighted by molar-refractivity contribution is 1.25. The van der Waals surface area contributed by atoms with Crippen molar-refractivity contribution >= 4 is 46.6 Å². The molecule has 0 N–H and O–H groups in total. The minimum Gasteiger partial charge on any atom is -0.122 e. The van der Waals surface area contributed by atoms with Crippen LogP contribution in [0.4, 0.5) is 0 Å². The zero-order valence-electron chi connectivity index (χ0n) is 9.50. The molecular weight excluding hydrogens is 307 g/mol. The van der Waals surface area contributed by atoms with Gasteiger partial charge in [-0.15, -0.1) is 23.4 Å². The van der Waals surface area contributed by atoms with Crippen LogP contribution in [0.3, 0.4) is 0 Å². The molecule has 94 valence electrons. The van der Waals surface area contributed by atoms with E-state index in [1.807, 2.05) is 30.3 Å². The molecule has 0 saturated heterocycles. The minimum atomic E-state index is 0.525. The highest BCUT2D eigenvalue weighted by Crippen LogP contribution is 2.30. The highest BCUT2D eigenvalue weighted by molar-refractivity contribution is 7.98. The fourth-order valence-electron chi connectivity index (χ4n) is 1.55. The van der Waals surface area contributed by atoms with Crippen molar-refractivity contribution in [1.29, 1.82) is 0 Å². The highest BCUT2D eigenvalue weighted by Gasteiger charge is 2.05. The first-order valence-electron chi connectivity index (χ1n) is 5.41. The average Bonchev–Trinajstić information content (AvgIpc) is 2.38. The molecule has 0 fully saturated rings. The van der Waals surface area contributed by atoms with Crippen LogP contribution in [0.5, 0.6) is 0 Å². The molecule has 0 aliphatic carbocycles. The maximum Gasteiger partial charge on any atom is 0.0485 e. The van der Waals surface area contributed by atoms with Crippen LogP contribution in [-0.2, 0) is 11.6 Å². The largest absolute Gasteiger partial charge is 0.122 e. The van der Waals surface area contributed by atoms with Crippen molar-refractivity contribution in [3.63, 3.8) is 0 Å². The zero-order valence-corrected chi connectivity index (χ0v) is 12.6. The van der Waals surface area contributed by atoms with E-state index in [1.54, 1.807) is 17.8 Å². The van der Waals surface area contributed by atoms with Crippen LogP contribution in [0.15, 0.2) is 47.4 Å². The summed E-state index contributed by atoms with van der Waals surface area (Å²) < 4.78 is 0. The SMILES string of the molecule is ClCc1ccccc1SCc1ccc(Cl)cc1Cl. The van der Waals surface area contributed by atoms with Gasteiger partial charge in [-0.25, -0.2) is 0 Å². The van der Waals surface area contributed by atoms with Crippen LogP contribution in [0.1, 0.15) is 11.1 Å². The van der Waals surface area contributed by atoms with E-state index in [9.17, 15) is 0 Å². The Labute approximate surface area is 126 Å². The number of alkyl halides is 1. The fraction of sp³-hybridized carbons (Fsp3) is 0.143. The Bertz CT molecular complexity index is 540. The van der Waals surface area contributed by atoms with Gasteiger partial charge in [0.05, 0.1) is 0 Å². The molecule has 0 aromatic heterocycles. The summed E-state index contributed by atoms with van der Waals surface area (Å²) in [6, 6.07) is 13.7. The van der Waals surface area contributed by atoms with Crippen LogP contribution >= 0.6 is 46.6 Å². The van der Waals surface area contributed by atoms with E-state index in [-0.39, 0.29) is 0 Å². The van der Waals surface area contributed by atoms with Crippen molar-refractivity contribution in [2.24, 2.45) is 0 Å². The van der Waals surface area contributed by atoms with Gasteiger partial charge in [0, 0.05) is 26.6 Å². The van der Waals surface area contributed by atoms with Crippen LogP contribution < -0.4 is 0 Å². The van der Waals surface area contributed by atoms with E-state index >= 15 is 0 Å². The quantitative estimate of drug-likeness (QED) is 0.490. The summed E-state index contributed by atoms with van der Waals surface area (Å²) in [5, 5.41) is 1.37. The molecule has 0 heterocycles. The third kappa shape index (κ3) is 3.58. The molecule has 0 amide bonds. The summed E-state index contributed by atoms with van der Waals surface area (Å²) in [6.45, 7) is 0. The van der Waals surface area contributed by atoms with Gasteiger partial charge in [0.25, 0.3) is 0 Å². The Morgan fingerprint density at radius 1 is 0.944 bits per heavy atom. The molecule has 2 rings (SSSR count). The summed E-state index contributed by atoms with van der Waals surface area (Å²) in [5.74, 6) is 1.33. The van der Waals surface area contributed by atoms with Crippen molar-refractivity contribution in [3.8, 4) is 0 Å². The number of rotatable bonds is 4. The van der Waals surface area contributed by atoms with Gasteiger partial charge < -0.3 is 0 Å². The maximum atomic E-state index is 6.15. The molecule has 4 heteroatoms. The van der Waals surface area contributed by atoms with Crippen LogP contribution in [0.25, 0.3) is 0 Å². The predicted molar refractivity (Wildman–Crippen MR) is 82.0 cm³/mol. The summed E-state index contributed by atoms with van der Waals surface area (Å²) in [7, 11) is 0. The second-order valence-electron chi connectivity index (χ2n) is 3.77. The van der Waals surface area contributed by atoms with Crippen LogP contribution in [0.2, 0.25) is 10.0 Å². The molecule has 0 atom stereocenters. The van der Waals surface area contributed by atoms with Gasteiger partial charge in [-0.05, 0) is 29.3 Å². The van der Waals surface area contributed by atoms with Crippen molar-refractivity contribution in [3.05, 3.63) is 63.6 Å². The Kier molecular flexibility index (Phi) is 5.25. The number of halogens is 3. The minimum absolute atomic E-state index is 0.525. The number of hydrogen-bond acceptors (Lipinski definition) is 1. The standard InChI is InChI=1S/C14H11Cl3S/c15-8-10-3-1-2-4-14(10)18-9-11-5-6-12(16)7-13(11)17/h1-7H,8-9H2. The van der Waals surface area contributed by atoms with Crippen molar-refractivity contribution < 1.29 is 0 Å². The van der Waals surface area contributed by atoms with E-state index in [0.717, 1.165) is 16.9 Å². The topological polar surface area (TPSA) is 0 Å². The first kappa shape index (κ1) is 14.1. The van der Waals surface area contributed by atoms with Gasteiger partial charge in [-0.2, -0.15) is 0 Å². The summed E-state index contributed by atoms with van der Waals surface area (Å²) in [5.41, 5.74) is 2.23. The summed E-state index contributed by atoms with van der Waals surface area (Å²) >= 11 is 19.7. The lowest BCUT2D eigenvalue weighted by atomic mass is 10.2. The van der Waals surface area contributed by atoms with Gasteiger partial charge >= 0.3 is 0 Å². The van der Waals surface area contributed by atoms with Crippen molar-refractivity contribution in [2.75, 3.05) is 0 Å². The van der Waals surface area contributed by atoms with Gasteiger partial charge in [0.1, 0.15) is 0 Å². The summed E-state index contributed by atoms with van der Waals surface area (Å²) in [4.78, 5) is 1.19. The van der Waals surface area contributed by atoms with Crippen LogP contribution in [0, 0.1) is 0 Å². The van der Waals surface area contributed by atoms with Crippen LogP contribution in [-0.4, -0.2) is 0 Å². The molecule has 0 unspecified atom stereocenters. The molecule has 18 heavy (non-hydrogen) atoms. The third-order valence-electron chi connectivity index (χ3n) is 2.51.